The highest BCUT2D eigenvalue weighted by Gasteiger charge is 2.08. The molecule has 5 heteroatoms. The van der Waals surface area contributed by atoms with E-state index in [-0.39, 0.29) is 18.4 Å². The molecule has 3 aromatic rings. The standard InChI is InChI=1S/C25H26N2O3/c1-2-30-18-20-10-8-19(9-11-20)16-26-24(28)17-27-25(29)23-14-12-22(13-15-23)21-6-4-3-5-7-21/h3-15H,2,16-18H2,1H3,(H,26,28)(H,27,29). The van der Waals surface area contributed by atoms with E-state index in [1.807, 2.05) is 73.7 Å². The second-order valence-corrected chi connectivity index (χ2v) is 6.86. The lowest BCUT2D eigenvalue weighted by molar-refractivity contribution is -0.120. The second-order valence-electron chi connectivity index (χ2n) is 6.86. The fourth-order valence-electron chi connectivity index (χ4n) is 2.94. The van der Waals surface area contributed by atoms with E-state index in [2.05, 4.69) is 10.6 Å². The summed E-state index contributed by atoms with van der Waals surface area (Å²) in [6, 6.07) is 25.2. The summed E-state index contributed by atoms with van der Waals surface area (Å²) in [4.78, 5) is 24.3. The Morgan fingerprint density at radius 1 is 0.767 bits per heavy atom. The van der Waals surface area contributed by atoms with Crippen molar-refractivity contribution in [3.05, 3.63) is 95.6 Å². The summed E-state index contributed by atoms with van der Waals surface area (Å²) < 4.78 is 5.37. The van der Waals surface area contributed by atoms with Gasteiger partial charge in [0.25, 0.3) is 5.91 Å². The minimum absolute atomic E-state index is 0.0678. The van der Waals surface area contributed by atoms with Crippen LogP contribution in [0.3, 0.4) is 0 Å². The predicted molar refractivity (Wildman–Crippen MR) is 118 cm³/mol. The van der Waals surface area contributed by atoms with Crippen LogP contribution in [0.25, 0.3) is 11.1 Å². The van der Waals surface area contributed by atoms with Gasteiger partial charge in [-0.05, 0) is 41.3 Å². The zero-order chi connectivity index (χ0) is 21.2. The third kappa shape index (κ3) is 6.29. The van der Waals surface area contributed by atoms with Crippen LogP contribution >= 0.6 is 0 Å². The molecular weight excluding hydrogens is 376 g/mol. The third-order valence-corrected chi connectivity index (χ3v) is 4.65. The van der Waals surface area contributed by atoms with Crippen molar-refractivity contribution in [3.63, 3.8) is 0 Å². The van der Waals surface area contributed by atoms with Crippen molar-refractivity contribution >= 4 is 11.8 Å². The molecule has 0 heterocycles. The van der Waals surface area contributed by atoms with E-state index in [0.29, 0.717) is 25.3 Å². The highest BCUT2D eigenvalue weighted by Crippen LogP contribution is 2.19. The van der Waals surface area contributed by atoms with Crippen molar-refractivity contribution in [2.75, 3.05) is 13.2 Å². The maximum atomic E-state index is 12.3. The summed E-state index contributed by atoms with van der Waals surface area (Å²) in [5.74, 6) is -0.507. The van der Waals surface area contributed by atoms with Gasteiger partial charge in [-0.2, -0.15) is 0 Å². The molecule has 0 atom stereocenters. The number of carbonyl (C=O) groups excluding carboxylic acids is 2. The van der Waals surface area contributed by atoms with Gasteiger partial charge >= 0.3 is 0 Å². The first-order chi connectivity index (χ1) is 14.7. The quantitative estimate of drug-likeness (QED) is 0.570. The van der Waals surface area contributed by atoms with E-state index in [1.165, 1.54) is 0 Å². The molecule has 2 N–H and O–H groups in total. The highest BCUT2D eigenvalue weighted by atomic mass is 16.5. The summed E-state index contributed by atoms with van der Waals surface area (Å²) in [6.07, 6.45) is 0. The molecule has 0 fully saturated rings. The number of hydrogen-bond donors (Lipinski definition) is 2. The van der Waals surface area contributed by atoms with Gasteiger partial charge in [0.05, 0.1) is 13.2 Å². The number of amides is 2. The molecule has 2 amide bonds. The van der Waals surface area contributed by atoms with Crippen LogP contribution in [0.5, 0.6) is 0 Å². The summed E-state index contributed by atoms with van der Waals surface area (Å²) >= 11 is 0. The minimum atomic E-state index is -0.273. The zero-order valence-electron chi connectivity index (χ0n) is 17.1. The smallest absolute Gasteiger partial charge is 0.251 e. The van der Waals surface area contributed by atoms with Gasteiger partial charge in [-0.25, -0.2) is 0 Å². The fourth-order valence-corrected chi connectivity index (χ4v) is 2.94. The predicted octanol–water partition coefficient (Wildman–Crippen LogP) is 3.94. The number of ether oxygens (including phenoxy) is 1. The van der Waals surface area contributed by atoms with Crippen LogP contribution in [0, 0.1) is 0 Å². The number of nitrogens with one attached hydrogen (secondary N) is 2. The number of hydrogen-bond acceptors (Lipinski definition) is 3. The minimum Gasteiger partial charge on any atom is -0.377 e. The number of rotatable bonds is 9. The molecule has 0 aromatic heterocycles. The second kappa shape index (κ2) is 10.9. The van der Waals surface area contributed by atoms with Gasteiger partial charge in [-0.1, -0.05) is 66.7 Å². The normalized spacial score (nSPS) is 10.4. The van der Waals surface area contributed by atoms with Crippen molar-refractivity contribution in [1.29, 1.82) is 0 Å². The Morgan fingerprint density at radius 3 is 2.07 bits per heavy atom. The largest absolute Gasteiger partial charge is 0.377 e. The maximum absolute atomic E-state index is 12.3. The van der Waals surface area contributed by atoms with Crippen molar-refractivity contribution in [2.45, 2.75) is 20.1 Å². The first-order valence-corrected chi connectivity index (χ1v) is 10.0. The fraction of sp³-hybridized carbons (Fsp3) is 0.200. The van der Waals surface area contributed by atoms with Gasteiger partial charge in [-0.15, -0.1) is 0 Å². The van der Waals surface area contributed by atoms with E-state index >= 15 is 0 Å². The summed E-state index contributed by atoms with van der Waals surface area (Å²) in [6.45, 7) is 3.57. The summed E-state index contributed by atoms with van der Waals surface area (Å²) in [7, 11) is 0. The first kappa shape index (κ1) is 21.3. The molecule has 0 bridgehead atoms. The van der Waals surface area contributed by atoms with Crippen molar-refractivity contribution in [1.82, 2.24) is 10.6 Å². The van der Waals surface area contributed by atoms with Crippen molar-refractivity contribution < 1.29 is 14.3 Å². The lowest BCUT2D eigenvalue weighted by Crippen LogP contribution is -2.36. The first-order valence-electron chi connectivity index (χ1n) is 10.0. The average molecular weight is 402 g/mol. The van der Waals surface area contributed by atoms with Gasteiger partial charge in [0, 0.05) is 18.7 Å². The van der Waals surface area contributed by atoms with Crippen LogP contribution in [-0.4, -0.2) is 25.0 Å². The van der Waals surface area contributed by atoms with Crippen LogP contribution in [0.4, 0.5) is 0 Å². The lowest BCUT2D eigenvalue weighted by atomic mass is 10.0. The Morgan fingerprint density at radius 2 is 1.40 bits per heavy atom. The summed E-state index contributed by atoms with van der Waals surface area (Å²) in [5.41, 5.74) is 4.74. The molecular formula is C25H26N2O3. The van der Waals surface area contributed by atoms with E-state index in [1.54, 1.807) is 12.1 Å². The molecule has 154 valence electrons. The van der Waals surface area contributed by atoms with Gasteiger partial charge in [-0.3, -0.25) is 9.59 Å². The highest BCUT2D eigenvalue weighted by molar-refractivity contribution is 5.96. The molecule has 3 rings (SSSR count). The monoisotopic (exact) mass is 402 g/mol. The average Bonchev–Trinajstić information content (AvgIpc) is 2.81. The van der Waals surface area contributed by atoms with Crippen LogP contribution in [0.1, 0.15) is 28.4 Å². The molecule has 3 aromatic carbocycles. The molecule has 5 nitrogen and oxygen atoms in total. The summed E-state index contributed by atoms with van der Waals surface area (Å²) in [5, 5.41) is 5.47. The van der Waals surface area contributed by atoms with E-state index < -0.39 is 0 Å². The Hall–Kier alpha value is -3.44. The van der Waals surface area contributed by atoms with E-state index in [9.17, 15) is 9.59 Å². The molecule has 0 saturated carbocycles. The topological polar surface area (TPSA) is 67.4 Å². The molecule has 0 unspecified atom stereocenters. The Balaban J connectivity index is 1.43. The lowest BCUT2D eigenvalue weighted by Gasteiger charge is -2.09. The molecule has 0 aliphatic heterocycles. The maximum Gasteiger partial charge on any atom is 0.251 e. The SMILES string of the molecule is CCOCc1ccc(CNC(=O)CNC(=O)c2ccc(-c3ccccc3)cc2)cc1. The Bertz CT molecular complexity index is 952. The number of benzene rings is 3. The van der Waals surface area contributed by atoms with Crippen LogP contribution in [0.15, 0.2) is 78.9 Å². The van der Waals surface area contributed by atoms with E-state index in [0.717, 1.165) is 22.3 Å². The van der Waals surface area contributed by atoms with Gasteiger partial charge in [0.1, 0.15) is 0 Å². The van der Waals surface area contributed by atoms with Crippen LogP contribution in [-0.2, 0) is 22.7 Å². The molecule has 0 aliphatic carbocycles. The van der Waals surface area contributed by atoms with Crippen LogP contribution in [0.2, 0.25) is 0 Å². The third-order valence-electron chi connectivity index (χ3n) is 4.65. The van der Waals surface area contributed by atoms with Gasteiger partial charge in [0.2, 0.25) is 5.91 Å². The zero-order valence-corrected chi connectivity index (χ0v) is 17.1. The molecule has 0 spiro atoms. The van der Waals surface area contributed by atoms with E-state index in [4.69, 9.17) is 4.74 Å². The van der Waals surface area contributed by atoms with Crippen molar-refractivity contribution in [3.8, 4) is 11.1 Å². The molecule has 0 aliphatic rings. The number of carbonyl (C=O) groups is 2. The Kier molecular flexibility index (Phi) is 7.75. The van der Waals surface area contributed by atoms with Gasteiger partial charge < -0.3 is 15.4 Å². The molecule has 0 radical (unpaired) electrons. The van der Waals surface area contributed by atoms with Crippen LogP contribution < -0.4 is 10.6 Å². The molecule has 0 saturated heterocycles. The Labute approximate surface area is 177 Å². The van der Waals surface area contributed by atoms with Gasteiger partial charge in [0.15, 0.2) is 0 Å². The van der Waals surface area contributed by atoms with Crippen molar-refractivity contribution in [2.24, 2.45) is 0 Å². The molecule has 30 heavy (non-hydrogen) atoms.